The molecule has 4 nitrogen and oxygen atoms in total. The molecule has 0 aliphatic heterocycles. The van der Waals surface area contributed by atoms with Gasteiger partial charge >= 0.3 is 11.9 Å². The molecule has 5 heteroatoms. The fraction of sp³-hybridized carbons (Fsp3) is 0.364. The van der Waals surface area contributed by atoms with Crippen LogP contribution in [0.4, 0.5) is 0 Å². The number of esters is 2. The number of methoxy groups -OCH3 is 2. The summed E-state index contributed by atoms with van der Waals surface area (Å²) in [5.41, 5.74) is 1.50. The summed E-state index contributed by atoms with van der Waals surface area (Å²) in [6, 6.07) is 15.5. The fourth-order valence-electron chi connectivity index (χ4n) is 3.14. The summed E-state index contributed by atoms with van der Waals surface area (Å²) in [6.07, 6.45) is 0.409. The predicted octanol–water partition coefficient (Wildman–Crippen LogP) is 4.69. The zero-order chi connectivity index (χ0) is 20.0. The van der Waals surface area contributed by atoms with E-state index in [1.54, 1.807) is 0 Å². The van der Waals surface area contributed by atoms with E-state index in [9.17, 15) is 9.59 Å². The highest BCUT2D eigenvalue weighted by Gasteiger charge is 2.48. The number of ether oxygens (including phenoxy) is 2. The summed E-state index contributed by atoms with van der Waals surface area (Å²) in [5, 5.41) is 0. The number of rotatable bonds is 7. The number of carbonyl (C=O) groups excluding carboxylic acids is 2. The third-order valence-corrected chi connectivity index (χ3v) is 5.25. The normalized spacial score (nSPS) is 11.3. The molecule has 144 valence electrons. The van der Waals surface area contributed by atoms with Gasteiger partial charge in [-0.3, -0.25) is 9.59 Å². The largest absolute Gasteiger partial charge is 0.468 e. The highest BCUT2D eigenvalue weighted by Crippen LogP contribution is 2.32. The molecule has 0 aliphatic carbocycles. The minimum Gasteiger partial charge on any atom is -0.468 e. The molecule has 0 heterocycles. The molecule has 27 heavy (non-hydrogen) atoms. The van der Waals surface area contributed by atoms with Crippen LogP contribution in [0.2, 0.25) is 0 Å². The third-order valence-electron chi connectivity index (χ3n) is 4.72. The van der Waals surface area contributed by atoms with E-state index in [1.807, 2.05) is 48.5 Å². The average Bonchev–Trinajstić information content (AvgIpc) is 2.68. The van der Waals surface area contributed by atoms with Crippen molar-refractivity contribution in [1.29, 1.82) is 0 Å². The smallest absolute Gasteiger partial charge is 0.323 e. The topological polar surface area (TPSA) is 52.6 Å². The van der Waals surface area contributed by atoms with Crippen LogP contribution >= 0.6 is 15.9 Å². The van der Waals surface area contributed by atoms with Crippen LogP contribution in [0.25, 0.3) is 0 Å². The number of hydrogen-bond acceptors (Lipinski definition) is 4. The summed E-state index contributed by atoms with van der Waals surface area (Å²) >= 11 is 3.40. The summed E-state index contributed by atoms with van der Waals surface area (Å²) in [4.78, 5) is 25.5. The maximum atomic E-state index is 12.8. The van der Waals surface area contributed by atoms with Crippen molar-refractivity contribution in [3.05, 3.63) is 69.7 Å². The summed E-state index contributed by atoms with van der Waals surface area (Å²) < 4.78 is 11.0. The third kappa shape index (κ3) is 4.98. The van der Waals surface area contributed by atoms with Crippen LogP contribution in [0.3, 0.4) is 0 Å². The Bertz CT molecular complexity index is 763. The van der Waals surface area contributed by atoms with Crippen molar-refractivity contribution in [3.8, 4) is 0 Å². The lowest BCUT2D eigenvalue weighted by Gasteiger charge is -2.28. The van der Waals surface area contributed by atoms with Crippen molar-refractivity contribution in [2.75, 3.05) is 14.2 Å². The van der Waals surface area contributed by atoms with Crippen molar-refractivity contribution in [2.24, 2.45) is 5.41 Å². The van der Waals surface area contributed by atoms with Crippen molar-refractivity contribution >= 4 is 27.9 Å². The minimum absolute atomic E-state index is 0.200. The molecule has 2 aromatic carbocycles. The van der Waals surface area contributed by atoms with E-state index in [-0.39, 0.29) is 12.8 Å². The van der Waals surface area contributed by atoms with E-state index in [4.69, 9.17) is 9.47 Å². The van der Waals surface area contributed by atoms with Gasteiger partial charge in [-0.15, -0.1) is 0 Å². The van der Waals surface area contributed by atoms with Gasteiger partial charge in [0, 0.05) is 4.47 Å². The van der Waals surface area contributed by atoms with Gasteiger partial charge in [0.05, 0.1) is 14.2 Å². The van der Waals surface area contributed by atoms with E-state index < -0.39 is 17.4 Å². The molecule has 0 fully saturated rings. The first-order valence-corrected chi connectivity index (χ1v) is 9.62. The molecular weight excluding hydrogens is 408 g/mol. The van der Waals surface area contributed by atoms with Gasteiger partial charge in [0.1, 0.15) is 0 Å². The summed E-state index contributed by atoms with van der Waals surface area (Å²) in [7, 11) is 2.59. The highest BCUT2D eigenvalue weighted by molar-refractivity contribution is 9.10. The molecule has 0 aromatic heterocycles. The van der Waals surface area contributed by atoms with Gasteiger partial charge in [0.2, 0.25) is 0 Å². The Hall–Kier alpha value is -2.14. The Kier molecular flexibility index (Phi) is 7.19. The van der Waals surface area contributed by atoms with Crippen LogP contribution in [0.5, 0.6) is 0 Å². The second-order valence-corrected chi connectivity index (χ2v) is 7.86. The average molecular weight is 433 g/mol. The SMILES string of the molecule is COC(=O)C(Cc1ccc(Br)cc1)(Cc1ccc(C(C)C)cc1)C(=O)OC. The maximum Gasteiger partial charge on any atom is 0.323 e. The standard InChI is InChI=1S/C22H25BrO4/c1-15(2)18-9-5-16(6-10-18)13-22(20(24)26-3,21(25)27-4)14-17-7-11-19(23)12-8-17/h5-12,15H,13-14H2,1-4H3. The van der Waals surface area contributed by atoms with Gasteiger partial charge in [-0.05, 0) is 47.6 Å². The van der Waals surface area contributed by atoms with Gasteiger partial charge in [-0.25, -0.2) is 0 Å². The lowest BCUT2D eigenvalue weighted by Crippen LogP contribution is -2.45. The van der Waals surface area contributed by atoms with Gasteiger partial charge < -0.3 is 9.47 Å². The van der Waals surface area contributed by atoms with Crippen LogP contribution in [0.1, 0.15) is 36.5 Å². The zero-order valence-electron chi connectivity index (χ0n) is 16.1. The molecule has 0 spiro atoms. The van der Waals surface area contributed by atoms with E-state index in [1.165, 1.54) is 19.8 Å². The molecule has 0 saturated heterocycles. The number of carbonyl (C=O) groups is 2. The lowest BCUT2D eigenvalue weighted by atomic mass is 9.76. The number of halogens is 1. The molecule has 0 saturated carbocycles. The minimum atomic E-state index is -1.43. The number of benzene rings is 2. The summed E-state index contributed by atoms with van der Waals surface area (Å²) in [5.74, 6) is -0.775. The van der Waals surface area contributed by atoms with E-state index in [0.717, 1.165) is 15.6 Å². The lowest BCUT2D eigenvalue weighted by molar-refractivity contribution is -0.169. The number of hydrogen-bond donors (Lipinski definition) is 0. The Balaban J connectivity index is 2.44. The highest BCUT2D eigenvalue weighted by atomic mass is 79.9. The molecule has 0 N–H and O–H groups in total. The maximum absolute atomic E-state index is 12.8. The van der Waals surface area contributed by atoms with Crippen molar-refractivity contribution in [3.63, 3.8) is 0 Å². The van der Waals surface area contributed by atoms with Gasteiger partial charge in [-0.2, -0.15) is 0 Å². The van der Waals surface area contributed by atoms with E-state index in [0.29, 0.717) is 5.92 Å². The molecular formula is C22H25BrO4. The van der Waals surface area contributed by atoms with Crippen molar-refractivity contribution in [1.82, 2.24) is 0 Å². The van der Waals surface area contributed by atoms with Crippen LogP contribution < -0.4 is 0 Å². The molecule has 0 aliphatic rings. The molecule has 0 amide bonds. The Labute approximate surface area is 169 Å². The molecule has 0 radical (unpaired) electrons. The Morgan fingerprint density at radius 1 is 0.852 bits per heavy atom. The van der Waals surface area contributed by atoms with Gasteiger partial charge in [0.15, 0.2) is 5.41 Å². The Morgan fingerprint density at radius 3 is 1.63 bits per heavy atom. The summed E-state index contributed by atoms with van der Waals surface area (Å²) in [6.45, 7) is 4.24. The van der Waals surface area contributed by atoms with Crippen molar-refractivity contribution < 1.29 is 19.1 Å². The second kappa shape index (κ2) is 9.18. The molecule has 2 rings (SSSR count). The van der Waals surface area contributed by atoms with Gasteiger partial charge in [0.25, 0.3) is 0 Å². The first kappa shape index (κ1) is 21.2. The van der Waals surface area contributed by atoms with Crippen LogP contribution in [0, 0.1) is 5.41 Å². The predicted molar refractivity (Wildman–Crippen MR) is 109 cm³/mol. The molecule has 0 atom stereocenters. The van der Waals surface area contributed by atoms with Crippen LogP contribution in [-0.2, 0) is 31.9 Å². The first-order valence-electron chi connectivity index (χ1n) is 8.82. The fourth-order valence-corrected chi connectivity index (χ4v) is 3.41. The van der Waals surface area contributed by atoms with E-state index in [2.05, 4.69) is 29.8 Å². The first-order chi connectivity index (χ1) is 12.8. The second-order valence-electron chi connectivity index (χ2n) is 6.94. The van der Waals surface area contributed by atoms with Gasteiger partial charge in [-0.1, -0.05) is 66.2 Å². The van der Waals surface area contributed by atoms with Crippen molar-refractivity contribution in [2.45, 2.75) is 32.6 Å². The Morgan fingerprint density at radius 2 is 1.26 bits per heavy atom. The molecule has 2 aromatic rings. The zero-order valence-corrected chi connectivity index (χ0v) is 17.7. The molecule has 0 bridgehead atoms. The molecule has 0 unspecified atom stereocenters. The monoisotopic (exact) mass is 432 g/mol. The van der Waals surface area contributed by atoms with Crippen LogP contribution in [0.15, 0.2) is 53.0 Å². The quantitative estimate of drug-likeness (QED) is 0.470. The van der Waals surface area contributed by atoms with E-state index >= 15 is 0 Å². The van der Waals surface area contributed by atoms with Crippen LogP contribution in [-0.4, -0.2) is 26.2 Å².